The molecule has 2 aromatic carbocycles. The van der Waals surface area contributed by atoms with E-state index in [0.717, 1.165) is 11.1 Å². The Morgan fingerprint density at radius 3 is 2.37 bits per heavy atom. The van der Waals surface area contributed by atoms with Crippen LogP contribution in [0.15, 0.2) is 42.5 Å². The maximum absolute atomic E-state index is 12.6. The Kier molecular flexibility index (Phi) is 6.26. The minimum absolute atomic E-state index is 0.235. The summed E-state index contributed by atoms with van der Waals surface area (Å²) in [5.41, 5.74) is 2.53. The number of aryl methyl sites for hydroxylation is 2. The molecule has 2 amide bonds. The lowest BCUT2D eigenvalue weighted by atomic mass is 10.1. The van der Waals surface area contributed by atoms with Gasteiger partial charge in [-0.2, -0.15) is 0 Å². The summed E-state index contributed by atoms with van der Waals surface area (Å²) in [6.45, 7) is 11.3. The summed E-state index contributed by atoms with van der Waals surface area (Å²) in [4.78, 5) is 25.1. The Morgan fingerprint density at radius 1 is 1.04 bits per heavy atom. The fourth-order valence-corrected chi connectivity index (χ4v) is 2.51. The van der Waals surface area contributed by atoms with Crippen LogP contribution in [0, 0.1) is 13.8 Å². The quantitative estimate of drug-likeness (QED) is 0.829. The van der Waals surface area contributed by atoms with E-state index in [4.69, 9.17) is 4.74 Å². The molecule has 2 N–H and O–H groups in total. The largest absolute Gasteiger partial charge is 0.481 e. The molecule has 5 nitrogen and oxygen atoms in total. The number of hydrogen-bond donors (Lipinski definition) is 2. The second-order valence-electron chi connectivity index (χ2n) is 7.77. The number of anilines is 1. The lowest BCUT2D eigenvalue weighted by molar-refractivity contribution is -0.122. The zero-order chi connectivity index (χ0) is 20.2. The van der Waals surface area contributed by atoms with Gasteiger partial charge in [0.15, 0.2) is 6.10 Å². The van der Waals surface area contributed by atoms with Gasteiger partial charge in [0.25, 0.3) is 11.8 Å². The third kappa shape index (κ3) is 5.84. The van der Waals surface area contributed by atoms with Crippen LogP contribution in [0.5, 0.6) is 5.75 Å². The van der Waals surface area contributed by atoms with E-state index < -0.39 is 6.10 Å². The molecule has 0 fully saturated rings. The molecule has 0 aliphatic rings. The van der Waals surface area contributed by atoms with Gasteiger partial charge in [0.05, 0.1) is 11.3 Å². The molecule has 0 aliphatic carbocycles. The molecular formula is C22H28N2O3. The minimum Gasteiger partial charge on any atom is -0.481 e. The van der Waals surface area contributed by atoms with E-state index in [-0.39, 0.29) is 17.4 Å². The summed E-state index contributed by atoms with van der Waals surface area (Å²) in [5.74, 6) is 0.129. The van der Waals surface area contributed by atoms with Crippen LogP contribution in [-0.4, -0.2) is 23.5 Å². The third-order valence-corrected chi connectivity index (χ3v) is 3.93. The van der Waals surface area contributed by atoms with E-state index in [9.17, 15) is 9.59 Å². The number of carbonyl (C=O) groups is 2. The van der Waals surface area contributed by atoms with Gasteiger partial charge in [0, 0.05) is 5.54 Å². The van der Waals surface area contributed by atoms with Gasteiger partial charge in [-0.05, 0) is 70.9 Å². The van der Waals surface area contributed by atoms with Crippen LogP contribution in [-0.2, 0) is 4.79 Å². The number of rotatable bonds is 5. The summed E-state index contributed by atoms with van der Waals surface area (Å²) in [7, 11) is 0. The maximum atomic E-state index is 12.6. The highest BCUT2D eigenvalue weighted by Gasteiger charge is 2.21. The SMILES string of the molecule is Cc1ccc(C)c(O[C@H](C)C(=O)Nc2ccccc2C(=O)NC(C)(C)C)c1. The average molecular weight is 368 g/mol. The standard InChI is InChI=1S/C22H28N2O3/c1-14-11-12-15(2)19(13-14)27-16(3)20(25)23-18-10-8-7-9-17(18)21(26)24-22(4,5)6/h7-13,16H,1-6H3,(H,23,25)(H,24,26)/t16-/m1/s1. The van der Waals surface area contributed by atoms with Crippen molar-refractivity contribution in [3.63, 3.8) is 0 Å². The van der Waals surface area contributed by atoms with Crippen LogP contribution in [0.2, 0.25) is 0 Å². The molecule has 0 saturated heterocycles. The highest BCUT2D eigenvalue weighted by Crippen LogP contribution is 2.22. The third-order valence-electron chi connectivity index (χ3n) is 3.93. The van der Waals surface area contributed by atoms with Crippen LogP contribution >= 0.6 is 0 Å². The summed E-state index contributed by atoms with van der Waals surface area (Å²) in [6, 6.07) is 12.8. The van der Waals surface area contributed by atoms with Gasteiger partial charge in [-0.3, -0.25) is 9.59 Å². The van der Waals surface area contributed by atoms with Crippen molar-refractivity contribution in [3.8, 4) is 5.75 Å². The van der Waals surface area contributed by atoms with Crippen molar-refractivity contribution in [1.29, 1.82) is 0 Å². The van der Waals surface area contributed by atoms with E-state index in [1.165, 1.54) is 0 Å². The van der Waals surface area contributed by atoms with Gasteiger partial charge >= 0.3 is 0 Å². The first-order chi connectivity index (χ1) is 12.6. The molecule has 0 saturated carbocycles. The van der Waals surface area contributed by atoms with Gasteiger partial charge in [0.1, 0.15) is 5.75 Å². The number of carbonyl (C=O) groups excluding carboxylic acids is 2. The normalized spacial score (nSPS) is 12.2. The smallest absolute Gasteiger partial charge is 0.265 e. The minimum atomic E-state index is -0.704. The van der Waals surface area contributed by atoms with Crippen molar-refractivity contribution in [1.82, 2.24) is 5.32 Å². The van der Waals surface area contributed by atoms with E-state index in [2.05, 4.69) is 10.6 Å². The number of para-hydroxylation sites is 1. The Bertz CT molecular complexity index is 838. The number of amides is 2. The first kappa shape index (κ1) is 20.5. The first-order valence-corrected chi connectivity index (χ1v) is 9.03. The molecule has 0 aliphatic heterocycles. The lowest BCUT2D eigenvalue weighted by Gasteiger charge is -2.22. The number of ether oxygens (including phenoxy) is 1. The topological polar surface area (TPSA) is 67.4 Å². The summed E-state index contributed by atoms with van der Waals surface area (Å²) in [6.07, 6.45) is -0.704. The second-order valence-corrected chi connectivity index (χ2v) is 7.77. The average Bonchev–Trinajstić information content (AvgIpc) is 2.57. The molecule has 0 unspecified atom stereocenters. The summed E-state index contributed by atoms with van der Waals surface area (Å²) < 4.78 is 5.83. The van der Waals surface area contributed by atoms with E-state index in [0.29, 0.717) is 17.0 Å². The van der Waals surface area contributed by atoms with Crippen LogP contribution < -0.4 is 15.4 Å². The van der Waals surface area contributed by atoms with Crippen LogP contribution in [0.3, 0.4) is 0 Å². The summed E-state index contributed by atoms with van der Waals surface area (Å²) in [5, 5.41) is 5.72. The highest BCUT2D eigenvalue weighted by molar-refractivity contribution is 6.04. The lowest BCUT2D eigenvalue weighted by Crippen LogP contribution is -2.41. The maximum Gasteiger partial charge on any atom is 0.265 e. The van der Waals surface area contributed by atoms with Crippen molar-refractivity contribution in [2.24, 2.45) is 0 Å². The molecule has 2 aromatic rings. The number of benzene rings is 2. The Labute approximate surface area is 161 Å². The van der Waals surface area contributed by atoms with Gasteiger partial charge in [-0.15, -0.1) is 0 Å². The fraction of sp³-hybridized carbons (Fsp3) is 0.364. The number of hydrogen-bond acceptors (Lipinski definition) is 3. The van der Waals surface area contributed by atoms with Crippen molar-refractivity contribution >= 4 is 17.5 Å². The van der Waals surface area contributed by atoms with E-state index in [1.54, 1.807) is 31.2 Å². The van der Waals surface area contributed by atoms with E-state index >= 15 is 0 Å². The molecule has 5 heteroatoms. The van der Waals surface area contributed by atoms with Gasteiger partial charge < -0.3 is 15.4 Å². The van der Waals surface area contributed by atoms with Crippen LogP contribution in [0.4, 0.5) is 5.69 Å². The van der Waals surface area contributed by atoms with Gasteiger partial charge in [-0.25, -0.2) is 0 Å². The first-order valence-electron chi connectivity index (χ1n) is 9.03. The zero-order valence-corrected chi connectivity index (χ0v) is 16.8. The number of nitrogens with one attached hydrogen (secondary N) is 2. The Morgan fingerprint density at radius 2 is 1.70 bits per heavy atom. The van der Waals surface area contributed by atoms with Gasteiger partial charge in [-0.1, -0.05) is 24.3 Å². The van der Waals surface area contributed by atoms with Gasteiger partial charge in [0.2, 0.25) is 0 Å². The molecule has 144 valence electrons. The monoisotopic (exact) mass is 368 g/mol. The zero-order valence-electron chi connectivity index (χ0n) is 16.8. The molecule has 0 radical (unpaired) electrons. The van der Waals surface area contributed by atoms with Crippen LogP contribution in [0.1, 0.15) is 49.2 Å². The molecule has 27 heavy (non-hydrogen) atoms. The van der Waals surface area contributed by atoms with E-state index in [1.807, 2.05) is 52.8 Å². The fourth-order valence-electron chi connectivity index (χ4n) is 2.51. The molecule has 0 heterocycles. The van der Waals surface area contributed by atoms with Crippen molar-refractivity contribution < 1.29 is 14.3 Å². The summed E-state index contributed by atoms with van der Waals surface area (Å²) >= 11 is 0. The predicted octanol–water partition coefficient (Wildman–Crippen LogP) is 4.24. The van der Waals surface area contributed by atoms with Crippen molar-refractivity contribution in [3.05, 3.63) is 59.2 Å². The molecule has 0 spiro atoms. The molecule has 0 bridgehead atoms. The van der Waals surface area contributed by atoms with Crippen LogP contribution in [0.25, 0.3) is 0 Å². The highest BCUT2D eigenvalue weighted by atomic mass is 16.5. The van der Waals surface area contributed by atoms with Crippen molar-refractivity contribution in [2.45, 2.75) is 53.2 Å². The van der Waals surface area contributed by atoms with Crippen molar-refractivity contribution in [2.75, 3.05) is 5.32 Å². The molecular weight excluding hydrogens is 340 g/mol. The second kappa shape index (κ2) is 8.25. The Balaban J connectivity index is 2.13. The molecule has 2 rings (SSSR count). The molecule has 0 aromatic heterocycles. The predicted molar refractivity (Wildman–Crippen MR) is 108 cm³/mol. The Hall–Kier alpha value is -2.82. The molecule has 1 atom stereocenters.